The van der Waals surface area contributed by atoms with Crippen LogP contribution in [0.25, 0.3) is 0 Å². The van der Waals surface area contributed by atoms with Crippen LogP contribution < -0.4 is 4.74 Å². The highest BCUT2D eigenvalue weighted by Gasteiger charge is 2.18. The molecule has 5 heteroatoms. The normalized spacial score (nSPS) is 16.4. The Morgan fingerprint density at radius 1 is 1.08 bits per heavy atom. The molecule has 0 radical (unpaired) electrons. The molecule has 0 saturated carbocycles. The van der Waals surface area contributed by atoms with E-state index in [0.717, 1.165) is 25.0 Å². The van der Waals surface area contributed by atoms with Crippen molar-refractivity contribution in [3.63, 3.8) is 0 Å². The summed E-state index contributed by atoms with van der Waals surface area (Å²) in [5, 5.41) is 0. The molecular weight excluding hydrogens is 320 g/mol. The molecule has 1 heterocycles. The van der Waals surface area contributed by atoms with E-state index in [1.807, 2.05) is 30.3 Å². The summed E-state index contributed by atoms with van der Waals surface area (Å²) in [6, 6.07) is 15.8. The average Bonchev–Trinajstić information content (AvgIpc) is 3.14. The maximum absolute atomic E-state index is 12.1. The number of hydrogen-bond donors (Lipinski definition) is 0. The lowest BCUT2D eigenvalue weighted by molar-refractivity contribution is -0.133. The van der Waals surface area contributed by atoms with E-state index in [0.29, 0.717) is 11.3 Å². The fourth-order valence-corrected chi connectivity index (χ4v) is 2.64. The summed E-state index contributed by atoms with van der Waals surface area (Å²) in [4.78, 5) is 24.1. The molecule has 0 bridgehead atoms. The van der Waals surface area contributed by atoms with Crippen molar-refractivity contribution in [2.75, 3.05) is 13.2 Å². The van der Waals surface area contributed by atoms with Crippen molar-refractivity contribution in [1.82, 2.24) is 0 Å². The second kappa shape index (κ2) is 8.44. The van der Waals surface area contributed by atoms with E-state index in [-0.39, 0.29) is 25.1 Å². The van der Waals surface area contributed by atoms with E-state index in [4.69, 9.17) is 14.2 Å². The molecule has 5 nitrogen and oxygen atoms in total. The molecule has 1 unspecified atom stereocenters. The first kappa shape index (κ1) is 17.2. The lowest BCUT2D eigenvalue weighted by Gasteiger charge is -2.11. The van der Waals surface area contributed by atoms with Crippen LogP contribution in [0, 0.1) is 0 Å². The van der Waals surface area contributed by atoms with E-state index < -0.39 is 5.97 Å². The Balaban J connectivity index is 1.55. The van der Waals surface area contributed by atoms with E-state index >= 15 is 0 Å². The van der Waals surface area contributed by atoms with Gasteiger partial charge in [-0.3, -0.25) is 4.79 Å². The van der Waals surface area contributed by atoms with Gasteiger partial charge >= 0.3 is 11.9 Å². The van der Waals surface area contributed by atoms with Crippen molar-refractivity contribution >= 4 is 11.9 Å². The highest BCUT2D eigenvalue weighted by Crippen LogP contribution is 2.17. The summed E-state index contributed by atoms with van der Waals surface area (Å²) < 4.78 is 16.0. The minimum Gasteiger partial charge on any atom is -0.459 e. The maximum atomic E-state index is 12.1. The third-order valence-electron chi connectivity index (χ3n) is 3.92. The predicted molar refractivity (Wildman–Crippen MR) is 91.5 cm³/mol. The molecule has 1 saturated heterocycles. The molecular formula is C20H20O5. The number of ether oxygens (including phenoxy) is 3. The summed E-state index contributed by atoms with van der Waals surface area (Å²) in [7, 11) is 0. The van der Waals surface area contributed by atoms with Crippen molar-refractivity contribution in [3.8, 4) is 5.75 Å². The van der Waals surface area contributed by atoms with Crippen molar-refractivity contribution < 1.29 is 23.8 Å². The average molecular weight is 340 g/mol. The van der Waals surface area contributed by atoms with Crippen LogP contribution in [0.3, 0.4) is 0 Å². The van der Waals surface area contributed by atoms with Gasteiger partial charge in [0, 0.05) is 6.61 Å². The molecule has 2 aromatic carbocycles. The summed E-state index contributed by atoms with van der Waals surface area (Å²) in [6.07, 6.45) is 2.06. The molecule has 0 aromatic heterocycles. The van der Waals surface area contributed by atoms with Crippen molar-refractivity contribution in [3.05, 3.63) is 65.7 Å². The number of carbonyl (C=O) groups excluding carboxylic acids is 2. The largest absolute Gasteiger partial charge is 0.459 e. The van der Waals surface area contributed by atoms with Crippen LogP contribution >= 0.6 is 0 Å². The lowest BCUT2D eigenvalue weighted by Crippen LogP contribution is -2.18. The van der Waals surface area contributed by atoms with Gasteiger partial charge in [-0.25, -0.2) is 4.79 Å². The van der Waals surface area contributed by atoms with Crippen molar-refractivity contribution in [2.45, 2.75) is 25.4 Å². The Kier molecular flexibility index (Phi) is 5.80. The maximum Gasteiger partial charge on any atom is 0.338 e. The SMILES string of the molecule is O=C(Cc1ccccc1)Oc1cccc(C(=O)OCC2CCCO2)c1. The molecule has 0 amide bonds. The molecule has 25 heavy (non-hydrogen) atoms. The zero-order valence-corrected chi connectivity index (χ0v) is 13.9. The molecule has 0 aliphatic carbocycles. The van der Waals surface area contributed by atoms with Crippen LogP contribution in [-0.2, 0) is 20.7 Å². The van der Waals surface area contributed by atoms with Crippen LogP contribution in [0.4, 0.5) is 0 Å². The molecule has 3 rings (SSSR count). The first-order valence-corrected chi connectivity index (χ1v) is 8.34. The van der Waals surface area contributed by atoms with Crippen LogP contribution in [-0.4, -0.2) is 31.3 Å². The fraction of sp³-hybridized carbons (Fsp3) is 0.300. The quantitative estimate of drug-likeness (QED) is 0.597. The van der Waals surface area contributed by atoms with Gasteiger partial charge < -0.3 is 14.2 Å². The van der Waals surface area contributed by atoms with E-state index in [2.05, 4.69) is 0 Å². The Labute approximate surface area is 146 Å². The van der Waals surface area contributed by atoms with Gasteiger partial charge in [-0.15, -0.1) is 0 Å². The second-order valence-corrected chi connectivity index (χ2v) is 5.90. The van der Waals surface area contributed by atoms with Crippen LogP contribution in [0.1, 0.15) is 28.8 Å². The number of carbonyl (C=O) groups is 2. The highest BCUT2D eigenvalue weighted by atomic mass is 16.6. The minimum absolute atomic E-state index is 0.0177. The van der Waals surface area contributed by atoms with E-state index in [1.165, 1.54) is 6.07 Å². The standard InChI is InChI=1S/C20H20O5/c21-19(12-15-6-2-1-3-7-15)25-17-9-4-8-16(13-17)20(22)24-14-18-10-5-11-23-18/h1-4,6-9,13,18H,5,10-12,14H2. The number of benzene rings is 2. The molecule has 1 aliphatic rings. The highest BCUT2D eigenvalue weighted by molar-refractivity contribution is 5.90. The Morgan fingerprint density at radius 3 is 2.68 bits per heavy atom. The van der Waals surface area contributed by atoms with Gasteiger partial charge in [0.25, 0.3) is 0 Å². The second-order valence-electron chi connectivity index (χ2n) is 5.90. The third kappa shape index (κ3) is 5.16. The molecule has 1 aliphatic heterocycles. The molecule has 1 atom stereocenters. The smallest absolute Gasteiger partial charge is 0.338 e. The zero-order chi connectivity index (χ0) is 17.5. The topological polar surface area (TPSA) is 61.8 Å². The summed E-state index contributed by atoms with van der Waals surface area (Å²) in [6.45, 7) is 0.964. The Bertz CT molecular complexity index is 720. The minimum atomic E-state index is -0.448. The lowest BCUT2D eigenvalue weighted by atomic mass is 10.1. The molecule has 2 aromatic rings. The fourth-order valence-electron chi connectivity index (χ4n) is 2.64. The van der Waals surface area contributed by atoms with Gasteiger partial charge in [0.05, 0.1) is 18.1 Å². The summed E-state index contributed by atoms with van der Waals surface area (Å²) in [5.41, 5.74) is 1.22. The van der Waals surface area contributed by atoms with Crippen LogP contribution in [0.2, 0.25) is 0 Å². The molecule has 0 spiro atoms. The van der Waals surface area contributed by atoms with E-state index in [9.17, 15) is 9.59 Å². The number of esters is 2. The van der Waals surface area contributed by atoms with Gasteiger partial charge in [0.15, 0.2) is 0 Å². The van der Waals surface area contributed by atoms with Gasteiger partial charge in [-0.2, -0.15) is 0 Å². The molecule has 130 valence electrons. The van der Waals surface area contributed by atoms with Crippen LogP contribution in [0.15, 0.2) is 54.6 Å². The third-order valence-corrected chi connectivity index (χ3v) is 3.92. The van der Waals surface area contributed by atoms with Crippen LogP contribution in [0.5, 0.6) is 5.75 Å². The van der Waals surface area contributed by atoms with Gasteiger partial charge in [0.1, 0.15) is 12.4 Å². The summed E-state index contributed by atoms with van der Waals surface area (Å²) in [5.74, 6) is -0.500. The van der Waals surface area contributed by atoms with Gasteiger partial charge in [0.2, 0.25) is 0 Å². The molecule has 1 fully saturated rings. The van der Waals surface area contributed by atoms with E-state index in [1.54, 1.807) is 18.2 Å². The number of rotatable bonds is 6. The monoisotopic (exact) mass is 340 g/mol. The first-order chi connectivity index (χ1) is 12.2. The Morgan fingerprint density at radius 2 is 1.92 bits per heavy atom. The van der Waals surface area contributed by atoms with Gasteiger partial charge in [-0.05, 0) is 36.6 Å². The summed E-state index contributed by atoms with van der Waals surface area (Å²) >= 11 is 0. The van der Waals surface area contributed by atoms with Crippen molar-refractivity contribution in [1.29, 1.82) is 0 Å². The van der Waals surface area contributed by atoms with Gasteiger partial charge in [-0.1, -0.05) is 36.4 Å². The first-order valence-electron chi connectivity index (χ1n) is 8.34. The zero-order valence-electron chi connectivity index (χ0n) is 13.9. The van der Waals surface area contributed by atoms with Crippen molar-refractivity contribution in [2.24, 2.45) is 0 Å². The molecule has 0 N–H and O–H groups in total. The predicted octanol–water partition coefficient (Wildman–Crippen LogP) is 3.17. The Hall–Kier alpha value is -2.66. The number of hydrogen-bond acceptors (Lipinski definition) is 5.